The average molecular weight is 386 g/mol. The van der Waals surface area contributed by atoms with Crippen LogP contribution >= 0.6 is 0 Å². The van der Waals surface area contributed by atoms with Gasteiger partial charge in [0.25, 0.3) is 0 Å². The highest BCUT2D eigenvalue weighted by Crippen LogP contribution is 2.09. The molecular weight excluding hydrogens is 364 g/mol. The quantitative estimate of drug-likeness (QED) is 0.312. The van der Waals surface area contributed by atoms with E-state index in [1.165, 1.54) is 13.8 Å². The van der Waals surface area contributed by atoms with E-state index in [-0.39, 0.29) is 18.6 Å². The van der Waals surface area contributed by atoms with Crippen molar-refractivity contribution < 1.29 is 36.3 Å². The summed E-state index contributed by atoms with van der Waals surface area (Å²) in [6.07, 6.45) is 2.30. The fourth-order valence-corrected chi connectivity index (χ4v) is 3.39. The van der Waals surface area contributed by atoms with E-state index >= 15 is 0 Å². The van der Waals surface area contributed by atoms with Crippen molar-refractivity contribution in [2.45, 2.75) is 32.4 Å². The van der Waals surface area contributed by atoms with Crippen molar-refractivity contribution in [1.29, 1.82) is 0 Å². The zero-order valence-corrected chi connectivity index (χ0v) is 15.4. The van der Waals surface area contributed by atoms with Gasteiger partial charge in [-0.1, -0.05) is 0 Å². The highest BCUT2D eigenvalue weighted by molar-refractivity contribution is 7.89. The molecule has 0 aliphatic heterocycles. The number of hydrogen-bond acceptors (Lipinski definition) is 7. The summed E-state index contributed by atoms with van der Waals surface area (Å²) in [6, 6.07) is -1.44. The lowest BCUT2D eigenvalue weighted by Crippen LogP contribution is -2.36. The number of esters is 1. The molecule has 3 N–H and O–H groups in total. The Morgan fingerprint density at radius 2 is 1.50 bits per heavy atom. The van der Waals surface area contributed by atoms with Crippen LogP contribution in [0.15, 0.2) is 11.6 Å². The average Bonchev–Trinajstić information content (AvgIpc) is 2.29. The Balaban J connectivity index is 4.89. The van der Waals surface area contributed by atoms with E-state index in [4.69, 9.17) is 9.84 Å². The van der Waals surface area contributed by atoms with Crippen LogP contribution in [0.4, 0.5) is 0 Å². The third kappa shape index (κ3) is 12.0. The molecular formula is C12H22N2O8S2. The van der Waals surface area contributed by atoms with Crippen molar-refractivity contribution in [1.82, 2.24) is 9.44 Å². The summed E-state index contributed by atoms with van der Waals surface area (Å²) in [5.41, 5.74) is -0.252. The SMILES string of the molecule is C[C@H](COC(=O)C(=CC(=O)O)C[C@@H](C)NS(C)(=O)=O)NS(C)(=O)=O. The van der Waals surface area contributed by atoms with Crippen LogP contribution in [0.3, 0.4) is 0 Å². The number of carbonyl (C=O) groups is 2. The minimum Gasteiger partial charge on any atom is -0.478 e. The second-order valence-electron chi connectivity index (χ2n) is 5.39. The molecule has 24 heavy (non-hydrogen) atoms. The number of rotatable bonds is 10. The van der Waals surface area contributed by atoms with E-state index in [9.17, 15) is 26.4 Å². The minimum absolute atomic E-state index is 0.202. The third-order valence-electron chi connectivity index (χ3n) is 2.38. The smallest absolute Gasteiger partial charge is 0.334 e. The van der Waals surface area contributed by atoms with Gasteiger partial charge < -0.3 is 9.84 Å². The topological polar surface area (TPSA) is 156 Å². The Morgan fingerprint density at radius 1 is 1.04 bits per heavy atom. The van der Waals surface area contributed by atoms with Gasteiger partial charge in [0, 0.05) is 17.7 Å². The monoisotopic (exact) mass is 386 g/mol. The van der Waals surface area contributed by atoms with Gasteiger partial charge in [-0.15, -0.1) is 0 Å². The molecule has 10 nitrogen and oxygen atoms in total. The first kappa shape index (κ1) is 22.5. The summed E-state index contributed by atoms with van der Waals surface area (Å²) in [4.78, 5) is 22.7. The van der Waals surface area contributed by atoms with Crippen molar-refractivity contribution in [3.63, 3.8) is 0 Å². The Bertz CT molecular complexity index is 697. The number of carbonyl (C=O) groups excluding carboxylic acids is 1. The third-order valence-corrected chi connectivity index (χ3v) is 4.04. The standard InChI is InChI=1S/C12H22N2O8S2/c1-8(13-23(3,18)19)5-10(6-11(15)16)12(17)22-7-9(2)14-24(4,20)21/h6,8-9,13-14H,5,7H2,1-4H3,(H,15,16)/t8-,9-/m1/s1. The van der Waals surface area contributed by atoms with Crippen molar-refractivity contribution >= 4 is 32.0 Å². The molecule has 0 fully saturated rings. The lowest BCUT2D eigenvalue weighted by Gasteiger charge is -2.16. The fraction of sp³-hybridized carbons (Fsp3) is 0.667. The van der Waals surface area contributed by atoms with Crippen LogP contribution in [-0.2, 0) is 34.4 Å². The fourth-order valence-electron chi connectivity index (χ4n) is 1.78. The van der Waals surface area contributed by atoms with Crippen LogP contribution < -0.4 is 9.44 Å². The van der Waals surface area contributed by atoms with Gasteiger partial charge in [-0.2, -0.15) is 0 Å². The highest BCUT2D eigenvalue weighted by Gasteiger charge is 2.20. The predicted molar refractivity (Wildman–Crippen MR) is 86.2 cm³/mol. The van der Waals surface area contributed by atoms with E-state index in [1.54, 1.807) is 0 Å². The molecule has 0 amide bonds. The first-order valence-corrected chi connectivity index (χ1v) is 10.5. The largest absolute Gasteiger partial charge is 0.478 e. The van der Waals surface area contributed by atoms with Crippen LogP contribution in [0.5, 0.6) is 0 Å². The number of nitrogens with one attached hydrogen (secondary N) is 2. The molecule has 0 unspecified atom stereocenters. The molecule has 0 aromatic heterocycles. The Hall–Kier alpha value is -1.50. The van der Waals surface area contributed by atoms with E-state index < -0.39 is 44.1 Å². The first-order chi connectivity index (χ1) is 10.7. The maximum absolute atomic E-state index is 11.9. The van der Waals surface area contributed by atoms with Gasteiger partial charge in [0.15, 0.2) is 0 Å². The van der Waals surface area contributed by atoms with Gasteiger partial charge in [0.1, 0.15) is 6.61 Å². The summed E-state index contributed by atoms with van der Waals surface area (Å²) in [6.45, 7) is 2.61. The maximum atomic E-state index is 11.9. The summed E-state index contributed by atoms with van der Waals surface area (Å²) in [5.74, 6) is -2.36. The van der Waals surface area contributed by atoms with Gasteiger partial charge in [-0.25, -0.2) is 35.9 Å². The Labute approximate surface area is 141 Å². The van der Waals surface area contributed by atoms with E-state index in [0.717, 1.165) is 12.5 Å². The lowest BCUT2D eigenvalue weighted by atomic mass is 10.1. The molecule has 0 saturated carbocycles. The zero-order valence-electron chi connectivity index (χ0n) is 13.8. The zero-order chi connectivity index (χ0) is 19.1. The summed E-state index contributed by atoms with van der Waals surface area (Å²) < 4.78 is 53.6. The summed E-state index contributed by atoms with van der Waals surface area (Å²) >= 11 is 0. The molecule has 0 bridgehead atoms. The summed E-state index contributed by atoms with van der Waals surface area (Å²) in [5, 5.41) is 8.79. The predicted octanol–water partition coefficient (Wildman–Crippen LogP) is -1.19. The second-order valence-corrected chi connectivity index (χ2v) is 8.95. The second kappa shape index (κ2) is 9.11. The van der Waals surface area contributed by atoms with Gasteiger partial charge in [0.05, 0.1) is 18.6 Å². The molecule has 140 valence electrons. The molecule has 12 heteroatoms. The Kier molecular flexibility index (Phi) is 8.54. The van der Waals surface area contributed by atoms with Crippen LogP contribution in [-0.4, -0.2) is 65.1 Å². The number of aliphatic carboxylic acids is 1. The van der Waals surface area contributed by atoms with Crippen LogP contribution in [0.1, 0.15) is 20.3 Å². The van der Waals surface area contributed by atoms with E-state index in [2.05, 4.69) is 9.44 Å². The number of ether oxygens (including phenoxy) is 1. The first-order valence-electron chi connectivity index (χ1n) is 6.75. The van der Waals surface area contributed by atoms with Gasteiger partial charge in [-0.05, 0) is 20.3 Å². The molecule has 0 heterocycles. The van der Waals surface area contributed by atoms with Crippen molar-refractivity contribution in [2.24, 2.45) is 0 Å². The van der Waals surface area contributed by atoms with Crippen LogP contribution in [0, 0.1) is 0 Å². The van der Waals surface area contributed by atoms with Gasteiger partial charge >= 0.3 is 11.9 Å². The number of carboxylic acid groups (broad SMARTS) is 1. The Morgan fingerprint density at radius 3 is 1.92 bits per heavy atom. The molecule has 0 aliphatic rings. The summed E-state index contributed by atoms with van der Waals surface area (Å²) in [7, 11) is -7.00. The van der Waals surface area contributed by atoms with Crippen LogP contribution in [0.25, 0.3) is 0 Å². The maximum Gasteiger partial charge on any atom is 0.334 e. The normalized spacial score (nSPS) is 15.6. The molecule has 0 saturated heterocycles. The van der Waals surface area contributed by atoms with E-state index in [0.29, 0.717) is 6.08 Å². The number of carboxylic acids is 1. The number of hydrogen-bond donors (Lipinski definition) is 3. The van der Waals surface area contributed by atoms with Crippen LogP contribution in [0.2, 0.25) is 0 Å². The molecule has 0 rings (SSSR count). The van der Waals surface area contributed by atoms with Crippen molar-refractivity contribution in [3.8, 4) is 0 Å². The number of sulfonamides is 2. The molecule has 0 spiro atoms. The van der Waals surface area contributed by atoms with E-state index in [1.807, 2.05) is 0 Å². The molecule has 0 aromatic rings. The van der Waals surface area contributed by atoms with Gasteiger partial charge in [0.2, 0.25) is 20.0 Å². The molecule has 0 aliphatic carbocycles. The van der Waals surface area contributed by atoms with Crippen molar-refractivity contribution in [3.05, 3.63) is 11.6 Å². The minimum atomic E-state index is -3.52. The highest BCUT2D eigenvalue weighted by atomic mass is 32.2. The van der Waals surface area contributed by atoms with Gasteiger partial charge in [-0.3, -0.25) is 0 Å². The lowest BCUT2D eigenvalue weighted by molar-refractivity contribution is -0.140. The molecule has 0 aromatic carbocycles. The molecule has 0 radical (unpaired) electrons. The van der Waals surface area contributed by atoms with Crippen molar-refractivity contribution in [2.75, 3.05) is 19.1 Å². The molecule has 2 atom stereocenters.